The summed E-state index contributed by atoms with van der Waals surface area (Å²) in [4.78, 5) is 29.5. The fraction of sp³-hybridized carbons (Fsp3) is 0.312. The van der Waals surface area contributed by atoms with Crippen molar-refractivity contribution in [3.05, 3.63) is 92.8 Å². The summed E-state index contributed by atoms with van der Waals surface area (Å²) < 4.78 is 28.8. The lowest BCUT2D eigenvalue weighted by molar-refractivity contribution is 0.0714. The average Bonchev–Trinajstić information content (AvgIpc) is 3.54. The van der Waals surface area contributed by atoms with Crippen molar-refractivity contribution in [1.82, 2.24) is 4.90 Å². The summed E-state index contributed by atoms with van der Waals surface area (Å²) in [6.45, 7) is 5.04. The van der Waals surface area contributed by atoms with Gasteiger partial charge in [-0.25, -0.2) is 0 Å². The summed E-state index contributed by atoms with van der Waals surface area (Å²) in [5.74, 6) is 2.16. The van der Waals surface area contributed by atoms with Crippen molar-refractivity contribution in [2.45, 2.75) is 45.7 Å². The van der Waals surface area contributed by atoms with Crippen LogP contribution in [0.25, 0.3) is 11.0 Å². The second-order valence-electron chi connectivity index (χ2n) is 10.2. The number of nitrogens with zero attached hydrogens (tertiary/aromatic N) is 1. The molecule has 3 heterocycles. The monoisotopic (exact) mass is 541 g/mol. The summed E-state index contributed by atoms with van der Waals surface area (Å²) in [6.07, 6.45) is 3.13. The molecule has 0 spiro atoms. The summed E-state index contributed by atoms with van der Waals surface area (Å²) in [6, 6.07) is 15.9. The largest absolute Gasteiger partial charge is 0.493 e. The predicted octanol–water partition coefficient (Wildman–Crippen LogP) is 6.15. The molecule has 1 unspecified atom stereocenters. The topological polar surface area (TPSA) is 87.4 Å². The maximum Gasteiger partial charge on any atom is 0.291 e. The summed E-state index contributed by atoms with van der Waals surface area (Å²) in [5, 5.41) is 0.448. The number of benzene rings is 3. The number of rotatable bonds is 9. The zero-order valence-corrected chi connectivity index (χ0v) is 22.8. The maximum absolute atomic E-state index is 13.9. The first-order valence-corrected chi connectivity index (χ1v) is 13.6. The Balaban J connectivity index is 1.45. The minimum absolute atomic E-state index is 0.0611. The quantitative estimate of drug-likeness (QED) is 0.235. The average molecular weight is 542 g/mol. The molecule has 0 saturated heterocycles. The Morgan fingerprint density at radius 1 is 0.950 bits per heavy atom. The summed E-state index contributed by atoms with van der Waals surface area (Å²) in [7, 11) is 1.58. The highest BCUT2D eigenvalue weighted by Gasteiger charge is 2.43. The van der Waals surface area contributed by atoms with E-state index in [9.17, 15) is 9.59 Å². The first kappa shape index (κ1) is 25.8. The molecule has 2 aliphatic heterocycles. The van der Waals surface area contributed by atoms with Gasteiger partial charge >= 0.3 is 0 Å². The number of carbonyl (C=O) groups is 1. The van der Waals surface area contributed by atoms with Crippen LogP contribution in [0.1, 0.15) is 65.0 Å². The normalized spacial score (nSPS) is 15.5. The molecule has 1 atom stereocenters. The predicted molar refractivity (Wildman–Crippen MR) is 150 cm³/mol. The van der Waals surface area contributed by atoms with Crippen molar-refractivity contribution in [2.24, 2.45) is 0 Å². The van der Waals surface area contributed by atoms with Crippen LogP contribution in [0, 0.1) is 6.92 Å². The van der Waals surface area contributed by atoms with E-state index in [1.807, 2.05) is 49.4 Å². The first-order valence-electron chi connectivity index (χ1n) is 13.6. The molecule has 206 valence electrons. The van der Waals surface area contributed by atoms with E-state index >= 15 is 0 Å². The molecule has 1 aromatic heterocycles. The van der Waals surface area contributed by atoms with Gasteiger partial charge in [0.05, 0.1) is 30.7 Å². The van der Waals surface area contributed by atoms with E-state index in [-0.39, 0.29) is 30.4 Å². The molecule has 40 heavy (non-hydrogen) atoms. The van der Waals surface area contributed by atoms with Crippen molar-refractivity contribution < 1.29 is 28.2 Å². The van der Waals surface area contributed by atoms with Gasteiger partial charge in [-0.05, 0) is 60.9 Å². The molecule has 2 aliphatic rings. The Morgan fingerprint density at radius 2 is 1.80 bits per heavy atom. The maximum atomic E-state index is 13.9. The van der Waals surface area contributed by atoms with Gasteiger partial charge in [-0.3, -0.25) is 9.59 Å². The number of ether oxygens (including phenoxy) is 4. The number of carbonyl (C=O) groups excluding carboxylic acids is 1. The lowest BCUT2D eigenvalue weighted by Crippen LogP contribution is -2.29. The summed E-state index contributed by atoms with van der Waals surface area (Å²) >= 11 is 0. The number of fused-ring (bicyclic) bond motifs is 3. The number of unbranched alkanes of at least 4 members (excludes halogenated alkanes) is 2. The number of hydrogen-bond donors (Lipinski definition) is 0. The first-order chi connectivity index (χ1) is 19.5. The zero-order valence-electron chi connectivity index (χ0n) is 22.8. The molecule has 1 amide bonds. The molecular formula is C32H31NO7. The molecule has 8 heteroatoms. The fourth-order valence-corrected chi connectivity index (χ4v) is 5.39. The van der Waals surface area contributed by atoms with Gasteiger partial charge < -0.3 is 28.3 Å². The molecule has 0 radical (unpaired) electrons. The van der Waals surface area contributed by atoms with Gasteiger partial charge in [0.15, 0.2) is 28.4 Å². The van der Waals surface area contributed by atoms with Crippen molar-refractivity contribution in [2.75, 3.05) is 20.5 Å². The standard InChI is InChI=1S/C32H31NO7/c1-4-5-6-13-37-24-12-9-21(16-26(24)36-3)29-28-30(34)22-14-19(2)7-10-23(22)40-31(28)32(35)33(29)17-20-8-11-25-27(15-20)39-18-38-25/h7-12,14-16,29H,4-6,13,17-18H2,1-3H3. The van der Waals surface area contributed by atoms with Crippen molar-refractivity contribution in [1.29, 1.82) is 0 Å². The highest BCUT2D eigenvalue weighted by Crippen LogP contribution is 2.42. The van der Waals surface area contributed by atoms with Crippen LogP contribution in [0.4, 0.5) is 0 Å². The molecule has 0 fully saturated rings. The van der Waals surface area contributed by atoms with Gasteiger partial charge in [0.25, 0.3) is 5.91 Å². The van der Waals surface area contributed by atoms with Crippen LogP contribution in [-0.4, -0.2) is 31.3 Å². The van der Waals surface area contributed by atoms with E-state index in [1.54, 1.807) is 24.1 Å². The highest BCUT2D eigenvalue weighted by atomic mass is 16.7. The van der Waals surface area contributed by atoms with Gasteiger partial charge in [-0.1, -0.05) is 43.5 Å². The van der Waals surface area contributed by atoms with Crippen LogP contribution in [0.5, 0.6) is 23.0 Å². The van der Waals surface area contributed by atoms with E-state index in [0.29, 0.717) is 46.1 Å². The lowest BCUT2D eigenvalue weighted by atomic mass is 9.97. The minimum atomic E-state index is -0.683. The van der Waals surface area contributed by atoms with Gasteiger partial charge in [0, 0.05) is 6.54 Å². The van der Waals surface area contributed by atoms with Crippen molar-refractivity contribution >= 4 is 16.9 Å². The Hall–Kier alpha value is -4.46. The molecule has 4 aromatic rings. The minimum Gasteiger partial charge on any atom is -0.493 e. The lowest BCUT2D eigenvalue weighted by Gasteiger charge is -2.26. The van der Waals surface area contributed by atoms with Crippen molar-refractivity contribution in [3.8, 4) is 23.0 Å². The van der Waals surface area contributed by atoms with E-state index < -0.39 is 6.04 Å². The Labute approximate surface area is 232 Å². The number of hydrogen-bond acceptors (Lipinski definition) is 7. The van der Waals surface area contributed by atoms with E-state index in [0.717, 1.165) is 36.0 Å². The number of amides is 1. The van der Waals surface area contributed by atoms with Crippen LogP contribution in [-0.2, 0) is 6.54 Å². The van der Waals surface area contributed by atoms with Crippen LogP contribution in [0.15, 0.2) is 63.8 Å². The highest BCUT2D eigenvalue weighted by molar-refractivity contribution is 5.99. The Kier molecular flexibility index (Phi) is 6.84. The molecule has 0 bridgehead atoms. The molecule has 6 rings (SSSR count). The van der Waals surface area contributed by atoms with Gasteiger partial charge in [0.1, 0.15) is 5.58 Å². The third-order valence-electron chi connectivity index (χ3n) is 7.42. The molecular weight excluding hydrogens is 510 g/mol. The molecule has 0 saturated carbocycles. The second-order valence-corrected chi connectivity index (χ2v) is 10.2. The molecule has 8 nitrogen and oxygen atoms in total. The molecule has 3 aromatic carbocycles. The van der Waals surface area contributed by atoms with Crippen LogP contribution in [0.2, 0.25) is 0 Å². The number of aryl methyl sites for hydroxylation is 1. The van der Waals surface area contributed by atoms with E-state index in [4.69, 9.17) is 23.4 Å². The van der Waals surface area contributed by atoms with E-state index in [1.165, 1.54) is 0 Å². The third-order valence-corrected chi connectivity index (χ3v) is 7.42. The Morgan fingerprint density at radius 3 is 2.62 bits per heavy atom. The third kappa shape index (κ3) is 4.53. The van der Waals surface area contributed by atoms with Crippen LogP contribution < -0.4 is 24.4 Å². The van der Waals surface area contributed by atoms with Crippen LogP contribution >= 0.6 is 0 Å². The van der Waals surface area contributed by atoms with Crippen LogP contribution in [0.3, 0.4) is 0 Å². The molecule has 0 aliphatic carbocycles. The van der Waals surface area contributed by atoms with Gasteiger partial charge in [-0.15, -0.1) is 0 Å². The SMILES string of the molecule is CCCCCOc1ccc(C2c3c(oc4ccc(C)cc4c3=O)C(=O)N2Cc2ccc3c(c2)OCO3)cc1OC. The van der Waals surface area contributed by atoms with Gasteiger partial charge in [0.2, 0.25) is 12.6 Å². The number of methoxy groups -OCH3 is 1. The molecule has 0 N–H and O–H groups in total. The van der Waals surface area contributed by atoms with E-state index in [2.05, 4.69) is 6.92 Å². The smallest absolute Gasteiger partial charge is 0.291 e. The second kappa shape index (κ2) is 10.6. The fourth-order valence-electron chi connectivity index (χ4n) is 5.39. The van der Waals surface area contributed by atoms with Gasteiger partial charge in [-0.2, -0.15) is 0 Å². The summed E-state index contributed by atoms with van der Waals surface area (Å²) in [5.41, 5.74) is 2.99. The Bertz CT molecular complexity index is 1660. The van der Waals surface area contributed by atoms with Crippen molar-refractivity contribution in [3.63, 3.8) is 0 Å². The zero-order chi connectivity index (χ0) is 27.8.